The van der Waals surface area contributed by atoms with Crippen LogP contribution in [0.5, 0.6) is 11.5 Å². The predicted molar refractivity (Wildman–Crippen MR) is 96.6 cm³/mol. The highest BCUT2D eigenvalue weighted by Crippen LogP contribution is 2.47. The van der Waals surface area contributed by atoms with Crippen LogP contribution in [-0.2, 0) is 0 Å². The summed E-state index contributed by atoms with van der Waals surface area (Å²) in [6.07, 6.45) is 6.47. The number of aromatic nitrogens is 3. The molecule has 0 atom stereocenters. The first-order chi connectivity index (χ1) is 13.1. The van der Waals surface area contributed by atoms with Crippen LogP contribution in [0, 0.1) is 17.1 Å². The Labute approximate surface area is 155 Å². The SMILES string of the molecule is N#Cc1ccc(Oc2ccc(C3CC(c4cnc(N)cn4)C3)cc2F)cn1. The maximum absolute atomic E-state index is 14.4. The molecule has 1 aromatic carbocycles. The zero-order valence-corrected chi connectivity index (χ0v) is 14.3. The molecule has 0 aliphatic heterocycles. The van der Waals surface area contributed by atoms with E-state index in [1.807, 2.05) is 12.1 Å². The molecule has 0 amide bonds. The van der Waals surface area contributed by atoms with Crippen LogP contribution >= 0.6 is 0 Å². The molecule has 3 aromatic rings. The van der Waals surface area contributed by atoms with Crippen LogP contribution in [0.15, 0.2) is 48.9 Å². The maximum atomic E-state index is 14.4. The molecule has 27 heavy (non-hydrogen) atoms. The second-order valence-corrected chi connectivity index (χ2v) is 6.51. The van der Waals surface area contributed by atoms with Crippen molar-refractivity contribution in [2.75, 3.05) is 5.73 Å². The molecular formula is C20H16FN5O. The van der Waals surface area contributed by atoms with Crippen LogP contribution in [0.3, 0.4) is 0 Å². The molecule has 1 saturated carbocycles. The lowest BCUT2D eigenvalue weighted by Gasteiger charge is -2.35. The summed E-state index contributed by atoms with van der Waals surface area (Å²) in [7, 11) is 0. The highest BCUT2D eigenvalue weighted by molar-refractivity contribution is 5.37. The lowest BCUT2D eigenvalue weighted by atomic mass is 9.70. The quantitative estimate of drug-likeness (QED) is 0.756. The first-order valence-corrected chi connectivity index (χ1v) is 8.53. The van der Waals surface area contributed by atoms with Crippen LogP contribution in [0.1, 0.15) is 41.6 Å². The number of anilines is 1. The van der Waals surface area contributed by atoms with Crippen molar-refractivity contribution in [1.29, 1.82) is 5.26 Å². The average molecular weight is 361 g/mol. The first-order valence-electron chi connectivity index (χ1n) is 8.53. The van der Waals surface area contributed by atoms with Gasteiger partial charge in [-0.25, -0.2) is 14.4 Å². The van der Waals surface area contributed by atoms with Gasteiger partial charge in [-0.1, -0.05) is 6.07 Å². The largest absolute Gasteiger partial charge is 0.453 e. The minimum absolute atomic E-state index is 0.130. The summed E-state index contributed by atoms with van der Waals surface area (Å²) in [6.45, 7) is 0. The second kappa shape index (κ2) is 7.00. The number of rotatable bonds is 4. The van der Waals surface area contributed by atoms with Gasteiger partial charge in [0.15, 0.2) is 11.6 Å². The number of hydrogen-bond acceptors (Lipinski definition) is 6. The number of nitriles is 1. The van der Waals surface area contributed by atoms with Gasteiger partial charge in [0.25, 0.3) is 0 Å². The van der Waals surface area contributed by atoms with Crippen molar-refractivity contribution < 1.29 is 9.13 Å². The van der Waals surface area contributed by atoms with Gasteiger partial charge in [0, 0.05) is 5.92 Å². The topological polar surface area (TPSA) is 97.7 Å². The highest BCUT2D eigenvalue weighted by atomic mass is 19.1. The minimum Gasteiger partial charge on any atom is -0.453 e. The monoisotopic (exact) mass is 361 g/mol. The van der Waals surface area contributed by atoms with E-state index < -0.39 is 5.82 Å². The zero-order chi connectivity index (χ0) is 18.8. The Bertz CT molecular complexity index is 992. The van der Waals surface area contributed by atoms with Crippen molar-refractivity contribution in [3.05, 3.63) is 71.7 Å². The number of nitrogens with zero attached hydrogens (tertiary/aromatic N) is 4. The van der Waals surface area contributed by atoms with Gasteiger partial charge in [0.1, 0.15) is 23.3 Å². The number of nitrogens with two attached hydrogens (primary N) is 1. The van der Waals surface area contributed by atoms with Gasteiger partial charge in [-0.3, -0.25) is 4.98 Å². The Morgan fingerprint density at radius 2 is 1.89 bits per heavy atom. The molecule has 2 N–H and O–H groups in total. The van der Waals surface area contributed by atoms with Crippen molar-refractivity contribution in [2.24, 2.45) is 0 Å². The second-order valence-electron chi connectivity index (χ2n) is 6.51. The molecule has 134 valence electrons. The Balaban J connectivity index is 1.41. The molecule has 0 saturated heterocycles. The standard InChI is InChI=1S/C20H16FN5O/c21-17-7-12(13-5-14(6-13)18-10-26-20(23)11-25-18)1-4-19(17)27-16-3-2-15(8-22)24-9-16/h1-4,7,9-11,13-14H,5-6H2,(H2,23,26). The summed E-state index contributed by atoms with van der Waals surface area (Å²) in [4.78, 5) is 12.3. The first kappa shape index (κ1) is 16.9. The number of halogens is 1. The molecule has 1 aliphatic rings. The highest BCUT2D eigenvalue weighted by Gasteiger charge is 2.33. The number of benzene rings is 1. The Hall–Kier alpha value is -3.53. The molecule has 6 nitrogen and oxygen atoms in total. The Morgan fingerprint density at radius 3 is 2.52 bits per heavy atom. The molecule has 0 bridgehead atoms. The van der Waals surface area contributed by atoms with Gasteiger partial charge in [-0.2, -0.15) is 5.26 Å². The molecule has 4 rings (SSSR count). The summed E-state index contributed by atoms with van der Waals surface area (Å²) >= 11 is 0. The summed E-state index contributed by atoms with van der Waals surface area (Å²) in [6, 6.07) is 10.1. The van der Waals surface area contributed by atoms with Crippen molar-refractivity contribution >= 4 is 5.82 Å². The van der Waals surface area contributed by atoms with Crippen LogP contribution in [0.4, 0.5) is 10.2 Å². The van der Waals surface area contributed by atoms with E-state index in [2.05, 4.69) is 15.0 Å². The lowest BCUT2D eigenvalue weighted by Crippen LogP contribution is -2.21. The van der Waals surface area contributed by atoms with Gasteiger partial charge >= 0.3 is 0 Å². The fourth-order valence-electron chi connectivity index (χ4n) is 3.18. The van der Waals surface area contributed by atoms with E-state index in [1.165, 1.54) is 18.3 Å². The molecule has 7 heteroatoms. The average Bonchev–Trinajstić information content (AvgIpc) is 2.65. The molecule has 0 spiro atoms. The molecule has 1 aliphatic carbocycles. The number of hydrogen-bond donors (Lipinski definition) is 1. The summed E-state index contributed by atoms with van der Waals surface area (Å²) < 4.78 is 20.0. The molecule has 2 aromatic heterocycles. The van der Waals surface area contributed by atoms with E-state index in [0.29, 0.717) is 17.5 Å². The summed E-state index contributed by atoms with van der Waals surface area (Å²) in [5.74, 6) is 1.11. The van der Waals surface area contributed by atoms with Crippen LogP contribution in [0.2, 0.25) is 0 Å². The van der Waals surface area contributed by atoms with E-state index in [-0.39, 0.29) is 17.4 Å². The van der Waals surface area contributed by atoms with Crippen LogP contribution < -0.4 is 10.5 Å². The van der Waals surface area contributed by atoms with Gasteiger partial charge in [-0.05, 0) is 48.6 Å². The van der Waals surface area contributed by atoms with E-state index in [4.69, 9.17) is 15.7 Å². The normalized spacial score (nSPS) is 18.4. The third-order valence-corrected chi connectivity index (χ3v) is 4.75. The Morgan fingerprint density at radius 1 is 1.04 bits per heavy atom. The molecular weight excluding hydrogens is 345 g/mol. The van der Waals surface area contributed by atoms with E-state index >= 15 is 0 Å². The fourth-order valence-corrected chi connectivity index (χ4v) is 3.18. The van der Waals surface area contributed by atoms with Crippen molar-refractivity contribution in [1.82, 2.24) is 15.0 Å². The number of ether oxygens (including phenoxy) is 1. The van der Waals surface area contributed by atoms with Gasteiger partial charge < -0.3 is 10.5 Å². The third kappa shape index (κ3) is 3.55. The van der Waals surface area contributed by atoms with E-state index in [0.717, 1.165) is 24.1 Å². The Kier molecular flexibility index (Phi) is 4.38. The molecule has 0 radical (unpaired) electrons. The maximum Gasteiger partial charge on any atom is 0.166 e. The zero-order valence-electron chi connectivity index (χ0n) is 14.3. The number of pyridine rings is 1. The van der Waals surface area contributed by atoms with Gasteiger partial charge in [0.05, 0.1) is 24.3 Å². The predicted octanol–water partition coefficient (Wildman–Crippen LogP) is 3.92. The van der Waals surface area contributed by atoms with Gasteiger partial charge in [0.2, 0.25) is 0 Å². The third-order valence-electron chi connectivity index (χ3n) is 4.75. The van der Waals surface area contributed by atoms with Gasteiger partial charge in [-0.15, -0.1) is 0 Å². The van der Waals surface area contributed by atoms with Crippen molar-refractivity contribution in [2.45, 2.75) is 24.7 Å². The summed E-state index contributed by atoms with van der Waals surface area (Å²) in [5, 5.41) is 8.75. The minimum atomic E-state index is -0.424. The van der Waals surface area contributed by atoms with Crippen molar-refractivity contribution in [3.63, 3.8) is 0 Å². The molecule has 0 unspecified atom stereocenters. The molecule has 2 heterocycles. The van der Waals surface area contributed by atoms with E-state index in [1.54, 1.807) is 24.5 Å². The summed E-state index contributed by atoms with van der Waals surface area (Å²) in [5.41, 5.74) is 7.71. The smallest absolute Gasteiger partial charge is 0.166 e. The lowest BCUT2D eigenvalue weighted by molar-refractivity contribution is 0.342. The van der Waals surface area contributed by atoms with Crippen LogP contribution in [0.25, 0.3) is 0 Å². The van der Waals surface area contributed by atoms with E-state index in [9.17, 15) is 4.39 Å². The number of nitrogen functional groups attached to an aromatic ring is 1. The van der Waals surface area contributed by atoms with Crippen LogP contribution in [-0.4, -0.2) is 15.0 Å². The fraction of sp³-hybridized carbons (Fsp3) is 0.200. The van der Waals surface area contributed by atoms with Crippen molar-refractivity contribution in [3.8, 4) is 17.6 Å². The molecule has 1 fully saturated rings.